The van der Waals surface area contributed by atoms with Gasteiger partial charge in [-0.15, -0.1) is 0 Å². The Kier molecular flexibility index (Phi) is 4.95. The van der Waals surface area contributed by atoms with Gasteiger partial charge in [-0.1, -0.05) is 6.07 Å². The van der Waals surface area contributed by atoms with E-state index in [2.05, 4.69) is 10.3 Å². The van der Waals surface area contributed by atoms with E-state index in [9.17, 15) is 5.11 Å². The lowest BCUT2D eigenvalue weighted by Crippen LogP contribution is -2.30. The predicted molar refractivity (Wildman–Crippen MR) is 82.1 cm³/mol. The lowest BCUT2D eigenvalue weighted by Gasteiger charge is -2.31. The summed E-state index contributed by atoms with van der Waals surface area (Å²) in [6.45, 7) is 1.72. The Bertz CT molecular complexity index is 552. The molecule has 0 aromatic carbocycles. The Hall–Kier alpha value is -1.30. The summed E-state index contributed by atoms with van der Waals surface area (Å²) < 4.78 is 5.77. The second-order valence-electron chi connectivity index (χ2n) is 5.45. The molecule has 0 unspecified atom stereocenters. The molecule has 5 heteroatoms. The van der Waals surface area contributed by atoms with E-state index in [-0.39, 0.29) is 6.10 Å². The molecule has 1 aliphatic rings. The van der Waals surface area contributed by atoms with Gasteiger partial charge in [0.1, 0.15) is 10.8 Å². The fourth-order valence-electron chi connectivity index (χ4n) is 2.47. The molecule has 0 atom stereocenters. The molecule has 0 amide bonds. The van der Waals surface area contributed by atoms with Gasteiger partial charge in [0, 0.05) is 6.20 Å². The van der Waals surface area contributed by atoms with Crippen LogP contribution >= 0.6 is 11.8 Å². The second kappa shape index (κ2) is 7.11. The zero-order valence-electron chi connectivity index (χ0n) is 11.9. The van der Waals surface area contributed by atoms with Crippen LogP contribution in [0.15, 0.2) is 51.1 Å². The average Bonchev–Trinajstić information content (AvgIpc) is 2.90. The zero-order chi connectivity index (χ0) is 14.5. The van der Waals surface area contributed by atoms with Gasteiger partial charge in [-0.2, -0.15) is 0 Å². The lowest BCUT2D eigenvalue weighted by atomic mass is 9.80. The number of rotatable bonds is 7. The first-order valence-corrected chi connectivity index (χ1v) is 8.17. The molecule has 2 aromatic rings. The summed E-state index contributed by atoms with van der Waals surface area (Å²) in [6.07, 6.45) is 4.80. The van der Waals surface area contributed by atoms with Crippen molar-refractivity contribution in [2.75, 3.05) is 6.54 Å². The van der Waals surface area contributed by atoms with E-state index in [0.717, 1.165) is 48.2 Å². The monoisotopic (exact) mass is 304 g/mol. The van der Waals surface area contributed by atoms with Crippen LogP contribution in [0.1, 0.15) is 25.0 Å². The third kappa shape index (κ3) is 4.33. The standard InChI is InChI=1S/C16H20N2O2S/c19-13-9-12(10-13)6-8-17-11-14-4-5-16(20-14)21-15-3-1-2-7-18-15/h1-5,7,12-13,17,19H,6,8-11H2. The average molecular weight is 304 g/mol. The zero-order valence-corrected chi connectivity index (χ0v) is 12.7. The van der Waals surface area contributed by atoms with Gasteiger partial charge in [0.2, 0.25) is 0 Å². The van der Waals surface area contributed by atoms with Crippen molar-refractivity contribution in [1.82, 2.24) is 10.3 Å². The summed E-state index contributed by atoms with van der Waals surface area (Å²) in [5, 5.41) is 14.4. The summed E-state index contributed by atoms with van der Waals surface area (Å²) in [7, 11) is 0. The summed E-state index contributed by atoms with van der Waals surface area (Å²) in [5.41, 5.74) is 0. The number of hydrogen-bond acceptors (Lipinski definition) is 5. The van der Waals surface area contributed by atoms with E-state index in [1.54, 1.807) is 6.20 Å². The number of hydrogen-bond donors (Lipinski definition) is 2. The van der Waals surface area contributed by atoms with E-state index in [1.807, 2.05) is 30.3 Å². The fraction of sp³-hybridized carbons (Fsp3) is 0.438. The van der Waals surface area contributed by atoms with Gasteiger partial charge in [0.05, 0.1) is 12.6 Å². The normalized spacial score (nSPS) is 21.2. The highest BCUT2D eigenvalue weighted by Gasteiger charge is 2.26. The minimum Gasteiger partial charge on any atom is -0.453 e. The van der Waals surface area contributed by atoms with Crippen molar-refractivity contribution >= 4 is 11.8 Å². The minimum atomic E-state index is -0.0498. The van der Waals surface area contributed by atoms with Gasteiger partial charge in [0.25, 0.3) is 0 Å². The van der Waals surface area contributed by atoms with Crippen LogP contribution in [0.3, 0.4) is 0 Å². The molecule has 0 radical (unpaired) electrons. The second-order valence-corrected chi connectivity index (χ2v) is 6.47. The first kappa shape index (κ1) is 14.6. The van der Waals surface area contributed by atoms with Crippen LogP contribution in [-0.2, 0) is 6.54 Å². The molecular weight excluding hydrogens is 284 g/mol. The maximum atomic E-state index is 9.23. The summed E-state index contributed by atoms with van der Waals surface area (Å²) >= 11 is 1.53. The van der Waals surface area contributed by atoms with Crippen LogP contribution in [0, 0.1) is 5.92 Å². The SMILES string of the molecule is OC1CC(CCNCc2ccc(Sc3ccccn3)o2)C1. The van der Waals surface area contributed by atoms with Gasteiger partial charge in [0.15, 0.2) is 5.09 Å². The van der Waals surface area contributed by atoms with E-state index in [1.165, 1.54) is 11.8 Å². The Morgan fingerprint density at radius 2 is 2.19 bits per heavy atom. The molecular formula is C16H20N2O2S. The van der Waals surface area contributed by atoms with Crippen LogP contribution < -0.4 is 5.32 Å². The smallest absolute Gasteiger partial charge is 0.166 e. The van der Waals surface area contributed by atoms with Crippen LogP contribution in [0.25, 0.3) is 0 Å². The molecule has 4 nitrogen and oxygen atoms in total. The van der Waals surface area contributed by atoms with Crippen LogP contribution in [0.4, 0.5) is 0 Å². The summed E-state index contributed by atoms with van der Waals surface area (Å²) in [4.78, 5) is 4.27. The molecule has 21 heavy (non-hydrogen) atoms. The quantitative estimate of drug-likeness (QED) is 0.770. The molecule has 0 saturated heterocycles. The number of aromatic nitrogens is 1. The maximum absolute atomic E-state index is 9.23. The van der Waals surface area contributed by atoms with E-state index in [4.69, 9.17) is 4.42 Å². The van der Waals surface area contributed by atoms with Crippen LogP contribution in [-0.4, -0.2) is 22.7 Å². The molecule has 2 N–H and O–H groups in total. The molecule has 1 aliphatic carbocycles. The molecule has 112 valence electrons. The fourth-order valence-corrected chi connectivity index (χ4v) is 3.22. The Morgan fingerprint density at radius 1 is 1.29 bits per heavy atom. The van der Waals surface area contributed by atoms with Crippen molar-refractivity contribution in [2.45, 2.75) is 42.0 Å². The van der Waals surface area contributed by atoms with Crippen LogP contribution in [0.2, 0.25) is 0 Å². The first-order chi connectivity index (χ1) is 10.3. The highest BCUT2D eigenvalue weighted by molar-refractivity contribution is 7.99. The topological polar surface area (TPSA) is 58.3 Å². The maximum Gasteiger partial charge on any atom is 0.166 e. The molecule has 1 saturated carbocycles. The third-order valence-electron chi connectivity index (χ3n) is 3.72. The number of pyridine rings is 1. The number of aliphatic hydroxyl groups excluding tert-OH is 1. The summed E-state index contributed by atoms with van der Waals surface area (Å²) in [5.74, 6) is 1.64. The molecule has 1 fully saturated rings. The van der Waals surface area contributed by atoms with E-state index < -0.39 is 0 Å². The van der Waals surface area contributed by atoms with Crippen molar-refractivity contribution in [3.05, 3.63) is 42.3 Å². The predicted octanol–water partition coefficient (Wildman–Crippen LogP) is 3.08. The largest absolute Gasteiger partial charge is 0.453 e. The van der Waals surface area contributed by atoms with Crippen molar-refractivity contribution in [3.8, 4) is 0 Å². The van der Waals surface area contributed by atoms with Crippen molar-refractivity contribution in [1.29, 1.82) is 0 Å². The van der Waals surface area contributed by atoms with E-state index >= 15 is 0 Å². The molecule has 0 spiro atoms. The number of nitrogens with one attached hydrogen (secondary N) is 1. The minimum absolute atomic E-state index is 0.0498. The van der Waals surface area contributed by atoms with Crippen molar-refractivity contribution < 1.29 is 9.52 Å². The number of nitrogens with zero attached hydrogens (tertiary/aromatic N) is 1. The van der Waals surface area contributed by atoms with Crippen LogP contribution in [0.5, 0.6) is 0 Å². The van der Waals surface area contributed by atoms with Gasteiger partial charge >= 0.3 is 0 Å². The van der Waals surface area contributed by atoms with Crippen molar-refractivity contribution in [3.63, 3.8) is 0 Å². The van der Waals surface area contributed by atoms with Gasteiger partial charge in [-0.05, 0) is 67.8 Å². The Morgan fingerprint density at radius 3 is 2.95 bits per heavy atom. The molecule has 3 rings (SSSR count). The Balaban J connectivity index is 1.38. The molecule has 2 aromatic heterocycles. The van der Waals surface area contributed by atoms with Gasteiger partial charge in [-0.3, -0.25) is 0 Å². The third-order valence-corrected chi connectivity index (χ3v) is 4.59. The van der Waals surface area contributed by atoms with E-state index in [0.29, 0.717) is 5.92 Å². The first-order valence-electron chi connectivity index (χ1n) is 7.36. The molecule has 2 heterocycles. The highest BCUT2D eigenvalue weighted by atomic mass is 32.2. The summed E-state index contributed by atoms with van der Waals surface area (Å²) in [6, 6.07) is 9.84. The Labute approximate surface area is 129 Å². The van der Waals surface area contributed by atoms with Gasteiger partial charge in [-0.25, -0.2) is 4.98 Å². The van der Waals surface area contributed by atoms with Crippen molar-refractivity contribution in [2.24, 2.45) is 5.92 Å². The molecule has 0 bridgehead atoms. The van der Waals surface area contributed by atoms with Gasteiger partial charge < -0.3 is 14.8 Å². The lowest BCUT2D eigenvalue weighted by molar-refractivity contribution is 0.0393. The number of furan rings is 1. The number of aliphatic hydroxyl groups is 1. The highest BCUT2D eigenvalue weighted by Crippen LogP contribution is 2.30. The molecule has 0 aliphatic heterocycles.